The summed E-state index contributed by atoms with van der Waals surface area (Å²) in [6.07, 6.45) is 7.10. The third-order valence-electron chi connectivity index (χ3n) is 4.80. The van der Waals surface area contributed by atoms with Crippen molar-refractivity contribution < 1.29 is 0 Å². The zero-order valence-corrected chi connectivity index (χ0v) is 11.9. The van der Waals surface area contributed by atoms with Crippen LogP contribution in [0.2, 0.25) is 0 Å². The molecule has 0 aromatic carbocycles. The van der Waals surface area contributed by atoms with Crippen molar-refractivity contribution in [3.05, 3.63) is 0 Å². The van der Waals surface area contributed by atoms with Crippen LogP contribution in [0.15, 0.2) is 0 Å². The van der Waals surface area contributed by atoms with Gasteiger partial charge in [-0.1, -0.05) is 20.3 Å². The van der Waals surface area contributed by atoms with Crippen LogP contribution < -0.4 is 5.32 Å². The van der Waals surface area contributed by atoms with Crippen molar-refractivity contribution in [3.8, 4) is 0 Å². The highest BCUT2D eigenvalue weighted by atomic mass is 15.2. The predicted octanol–water partition coefficient (Wildman–Crippen LogP) is 2.89. The van der Waals surface area contributed by atoms with Crippen LogP contribution in [0.1, 0.15) is 52.9 Å². The average molecular weight is 238 g/mol. The van der Waals surface area contributed by atoms with Crippen LogP contribution in [-0.2, 0) is 0 Å². The second-order valence-electron chi connectivity index (χ2n) is 6.41. The predicted molar refractivity (Wildman–Crippen MR) is 74.2 cm³/mol. The van der Waals surface area contributed by atoms with Gasteiger partial charge < -0.3 is 10.2 Å². The monoisotopic (exact) mass is 238 g/mol. The average Bonchev–Trinajstić information content (AvgIpc) is 2.69. The summed E-state index contributed by atoms with van der Waals surface area (Å²) >= 11 is 0. The summed E-state index contributed by atoms with van der Waals surface area (Å²) in [4.78, 5) is 2.75. The van der Waals surface area contributed by atoms with Crippen molar-refractivity contribution in [1.82, 2.24) is 10.2 Å². The minimum absolute atomic E-state index is 0.772. The minimum Gasteiger partial charge on any atom is -0.314 e. The van der Waals surface area contributed by atoms with E-state index >= 15 is 0 Å². The Bertz CT molecular complexity index is 229. The zero-order valence-electron chi connectivity index (χ0n) is 11.9. The molecule has 2 heteroatoms. The van der Waals surface area contributed by atoms with Crippen LogP contribution >= 0.6 is 0 Å². The summed E-state index contributed by atoms with van der Waals surface area (Å²) in [5.74, 6) is 1.97. The molecule has 0 aromatic rings. The third-order valence-corrected chi connectivity index (χ3v) is 4.80. The van der Waals surface area contributed by atoms with E-state index in [4.69, 9.17) is 0 Å². The van der Waals surface area contributed by atoms with Gasteiger partial charge in [0, 0.05) is 18.6 Å². The van der Waals surface area contributed by atoms with Gasteiger partial charge in [-0.2, -0.15) is 0 Å². The van der Waals surface area contributed by atoms with Crippen molar-refractivity contribution in [3.63, 3.8) is 0 Å². The maximum absolute atomic E-state index is 3.61. The molecule has 1 saturated heterocycles. The molecule has 1 aliphatic heterocycles. The molecule has 4 atom stereocenters. The van der Waals surface area contributed by atoms with Crippen LogP contribution in [0.3, 0.4) is 0 Å². The number of hydrogen-bond donors (Lipinski definition) is 1. The Morgan fingerprint density at radius 1 is 1.12 bits per heavy atom. The Labute approximate surface area is 107 Å². The third kappa shape index (κ3) is 3.69. The zero-order chi connectivity index (χ0) is 12.3. The molecule has 2 fully saturated rings. The summed E-state index contributed by atoms with van der Waals surface area (Å²) in [7, 11) is 0. The molecule has 0 radical (unpaired) electrons. The van der Waals surface area contributed by atoms with E-state index in [-0.39, 0.29) is 0 Å². The second kappa shape index (κ2) is 6.19. The molecular formula is C15H30N2. The Kier molecular flexibility index (Phi) is 4.87. The van der Waals surface area contributed by atoms with E-state index in [0.29, 0.717) is 0 Å². The van der Waals surface area contributed by atoms with Gasteiger partial charge in [0.15, 0.2) is 0 Å². The fraction of sp³-hybridized carbons (Fsp3) is 1.00. The van der Waals surface area contributed by atoms with Gasteiger partial charge in [0.05, 0.1) is 0 Å². The summed E-state index contributed by atoms with van der Waals surface area (Å²) in [5, 5.41) is 3.61. The topological polar surface area (TPSA) is 15.3 Å². The Balaban J connectivity index is 1.75. The second-order valence-corrected chi connectivity index (χ2v) is 6.41. The summed E-state index contributed by atoms with van der Waals surface area (Å²) < 4.78 is 0. The molecule has 4 unspecified atom stereocenters. The lowest BCUT2D eigenvalue weighted by Gasteiger charge is -2.39. The largest absolute Gasteiger partial charge is 0.314 e. The van der Waals surface area contributed by atoms with Gasteiger partial charge in [-0.15, -0.1) is 0 Å². The summed E-state index contributed by atoms with van der Waals surface area (Å²) in [6.45, 7) is 10.9. The summed E-state index contributed by atoms with van der Waals surface area (Å²) in [5.41, 5.74) is 0. The van der Waals surface area contributed by atoms with Crippen LogP contribution in [0.25, 0.3) is 0 Å². The fourth-order valence-corrected chi connectivity index (χ4v) is 3.79. The first kappa shape index (κ1) is 13.4. The molecule has 2 nitrogen and oxygen atoms in total. The number of likely N-dealkylation sites (tertiary alicyclic amines) is 1. The lowest BCUT2D eigenvalue weighted by Crippen LogP contribution is -2.48. The van der Waals surface area contributed by atoms with E-state index in [1.54, 1.807) is 0 Å². The van der Waals surface area contributed by atoms with Crippen LogP contribution in [0, 0.1) is 11.8 Å². The molecule has 2 rings (SSSR count). The van der Waals surface area contributed by atoms with Crippen molar-refractivity contribution in [2.45, 2.75) is 65.0 Å². The molecule has 1 N–H and O–H groups in total. The van der Waals surface area contributed by atoms with Crippen molar-refractivity contribution in [2.24, 2.45) is 11.8 Å². The molecule has 17 heavy (non-hydrogen) atoms. The molecular weight excluding hydrogens is 208 g/mol. The summed E-state index contributed by atoms with van der Waals surface area (Å²) in [6, 6.07) is 1.55. The normalized spacial score (nSPS) is 39.7. The number of piperidine rings is 1. The first-order valence-electron chi connectivity index (χ1n) is 7.66. The van der Waals surface area contributed by atoms with Gasteiger partial charge in [-0.3, -0.25) is 0 Å². The molecule has 1 heterocycles. The first-order valence-corrected chi connectivity index (χ1v) is 7.66. The highest BCUT2D eigenvalue weighted by Crippen LogP contribution is 2.32. The number of nitrogens with one attached hydrogen (secondary N) is 1. The van der Waals surface area contributed by atoms with Crippen LogP contribution in [0.4, 0.5) is 0 Å². The molecule has 0 spiro atoms. The molecule has 1 saturated carbocycles. The van der Waals surface area contributed by atoms with Crippen LogP contribution in [0.5, 0.6) is 0 Å². The van der Waals surface area contributed by atoms with Crippen molar-refractivity contribution in [2.75, 3.05) is 19.6 Å². The smallest absolute Gasteiger partial charge is 0.00939 e. The number of hydrogen-bond acceptors (Lipinski definition) is 2. The van der Waals surface area contributed by atoms with Crippen molar-refractivity contribution >= 4 is 0 Å². The van der Waals surface area contributed by atoms with E-state index in [0.717, 1.165) is 30.5 Å². The number of rotatable bonds is 4. The van der Waals surface area contributed by atoms with Gasteiger partial charge >= 0.3 is 0 Å². The van der Waals surface area contributed by atoms with Gasteiger partial charge in [0.1, 0.15) is 0 Å². The number of nitrogens with zero attached hydrogens (tertiary/aromatic N) is 1. The van der Waals surface area contributed by atoms with Gasteiger partial charge in [0.25, 0.3) is 0 Å². The van der Waals surface area contributed by atoms with E-state index in [2.05, 4.69) is 31.0 Å². The van der Waals surface area contributed by atoms with Crippen LogP contribution in [-0.4, -0.2) is 36.6 Å². The maximum Gasteiger partial charge on any atom is 0.00939 e. The van der Waals surface area contributed by atoms with Gasteiger partial charge in [-0.25, -0.2) is 0 Å². The minimum atomic E-state index is 0.772. The van der Waals surface area contributed by atoms with E-state index in [1.165, 1.54) is 45.2 Å². The Morgan fingerprint density at radius 2 is 1.94 bits per heavy atom. The molecule has 0 aromatic heterocycles. The maximum atomic E-state index is 3.61. The standard InChI is InChI=1S/C15H30N2/c1-4-16-15-7-8-17(13(3)10-15)11-14-6-5-12(2)9-14/h12-16H,4-11H2,1-3H3. The molecule has 100 valence electrons. The first-order chi connectivity index (χ1) is 8.19. The van der Waals surface area contributed by atoms with Gasteiger partial charge in [0.2, 0.25) is 0 Å². The Hall–Kier alpha value is -0.0800. The van der Waals surface area contributed by atoms with E-state index < -0.39 is 0 Å². The molecule has 1 aliphatic carbocycles. The fourth-order valence-electron chi connectivity index (χ4n) is 3.79. The SMILES string of the molecule is CCNC1CCN(CC2CCC(C)C2)C(C)C1. The molecule has 0 amide bonds. The molecule has 2 aliphatic rings. The van der Waals surface area contributed by atoms with E-state index in [9.17, 15) is 0 Å². The quantitative estimate of drug-likeness (QED) is 0.810. The molecule has 0 bridgehead atoms. The van der Waals surface area contributed by atoms with Gasteiger partial charge in [-0.05, 0) is 57.5 Å². The Morgan fingerprint density at radius 3 is 2.53 bits per heavy atom. The lowest BCUT2D eigenvalue weighted by molar-refractivity contribution is 0.116. The highest BCUT2D eigenvalue weighted by Gasteiger charge is 2.29. The lowest BCUT2D eigenvalue weighted by atomic mass is 9.96. The highest BCUT2D eigenvalue weighted by molar-refractivity contribution is 4.85. The van der Waals surface area contributed by atoms with E-state index in [1.807, 2.05) is 0 Å². The van der Waals surface area contributed by atoms with Crippen molar-refractivity contribution in [1.29, 1.82) is 0 Å².